The quantitative estimate of drug-likeness (QED) is 0.519. The first-order valence-electron chi connectivity index (χ1n) is 5.43. The van der Waals surface area contributed by atoms with Crippen LogP contribution in [0.25, 0.3) is 0 Å². The summed E-state index contributed by atoms with van der Waals surface area (Å²) in [5.74, 6) is -7.14. The summed E-state index contributed by atoms with van der Waals surface area (Å²) >= 11 is 0. The van der Waals surface area contributed by atoms with E-state index < -0.39 is 43.9 Å². The number of anilines is 2. The van der Waals surface area contributed by atoms with E-state index in [4.69, 9.17) is 5.73 Å². The third-order valence-electron chi connectivity index (χ3n) is 2.52. The maximum absolute atomic E-state index is 13.4. The highest BCUT2D eigenvalue weighted by molar-refractivity contribution is 7.92. The molecule has 9 heteroatoms. The molecule has 0 atom stereocenters. The molecular formula is C12H8F4N2O2S. The molecule has 0 aliphatic heterocycles. The molecule has 0 aromatic heterocycles. The summed E-state index contributed by atoms with van der Waals surface area (Å²) in [7, 11) is -4.46. The van der Waals surface area contributed by atoms with Gasteiger partial charge in [-0.15, -0.1) is 0 Å². The van der Waals surface area contributed by atoms with Crippen LogP contribution in [0.4, 0.5) is 28.9 Å². The zero-order valence-electron chi connectivity index (χ0n) is 10.2. The fourth-order valence-electron chi connectivity index (χ4n) is 1.54. The van der Waals surface area contributed by atoms with E-state index in [0.717, 1.165) is 12.1 Å². The van der Waals surface area contributed by atoms with Crippen molar-refractivity contribution in [3.8, 4) is 0 Å². The summed E-state index contributed by atoms with van der Waals surface area (Å²) in [5.41, 5.74) is 4.05. The lowest BCUT2D eigenvalue weighted by Crippen LogP contribution is -2.16. The summed E-state index contributed by atoms with van der Waals surface area (Å²) in [6, 6.07) is 4.78. The van der Waals surface area contributed by atoms with Gasteiger partial charge in [0.25, 0.3) is 10.0 Å². The number of hydrogen-bond donors (Lipinski definition) is 2. The van der Waals surface area contributed by atoms with Crippen molar-refractivity contribution in [3.05, 3.63) is 53.6 Å². The monoisotopic (exact) mass is 320 g/mol. The number of nitrogens with one attached hydrogen (secondary N) is 1. The third-order valence-corrected chi connectivity index (χ3v) is 3.86. The number of benzene rings is 2. The Hall–Kier alpha value is -2.29. The van der Waals surface area contributed by atoms with Crippen LogP contribution in [0.3, 0.4) is 0 Å². The molecule has 21 heavy (non-hydrogen) atoms. The molecule has 2 rings (SSSR count). The van der Waals surface area contributed by atoms with Crippen LogP contribution in [-0.4, -0.2) is 8.42 Å². The largest absolute Gasteiger partial charge is 0.399 e. The molecule has 3 N–H and O–H groups in total. The number of halogens is 4. The second-order valence-corrected chi connectivity index (χ2v) is 5.70. The zero-order valence-corrected chi connectivity index (χ0v) is 11.0. The number of rotatable bonds is 3. The Morgan fingerprint density at radius 1 is 0.952 bits per heavy atom. The van der Waals surface area contributed by atoms with Gasteiger partial charge in [0.05, 0.1) is 4.90 Å². The molecule has 0 fully saturated rings. The molecule has 0 aliphatic carbocycles. The minimum absolute atomic E-state index is 0.0248. The summed E-state index contributed by atoms with van der Waals surface area (Å²) in [6.07, 6.45) is 0. The van der Waals surface area contributed by atoms with Gasteiger partial charge in [-0.3, -0.25) is 4.72 Å². The summed E-state index contributed by atoms with van der Waals surface area (Å²) in [6.45, 7) is 0. The molecule has 2 aromatic carbocycles. The second kappa shape index (κ2) is 5.24. The highest BCUT2D eigenvalue weighted by atomic mass is 32.2. The molecule has 0 bridgehead atoms. The minimum Gasteiger partial charge on any atom is -0.399 e. The fourth-order valence-corrected chi connectivity index (χ4v) is 2.65. The van der Waals surface area contributed by atoms with Gasteiger partial charge in [0.2, 0.25) is 0 Å². The van der Waals surface area contributed by atoms with E-state index in [1.807, 2.05) is 0 Å². The number of sulfonamides is 1. The Bertz CT molecular complexity index is 783. The van der Waals surface area contributed by atoms with E-state index >= 15 is 0 Å². The van der Waals surface area contributed by atoms with Crippen LogP contribution in [0.5, 0.6) is 0 Å². The van der Waals surface area contributed by atoms with Crippen LogP contribution in [0.1, 0.15) is 0 Å². The molecule has 112 valence electrons. The Kier molecular flexibility index (Phi) is 3.77. The van der Waals surface area contributed by atoms with Gasteiger partial charge in [0.1, 0.15) is 5.69 Å². The molecule has 0 saturated heterocycles. The van der Waals surface area contributed by atoms with Crippen molar-refractivity contribution >= 4 is 21.4 Å². The zero-order chi connectivity index (χ0) is 15.8. The van der Waals surface area contributed by atoms with Gasteiger partial charge in [-0.2, -0.15) is 0 Å². The number of hydrogen-bond acceptors (Lipinski definition) is 3. The first-order chi connectivity index (χ1) is 9.72. The van der Waals surface area contributed by atoms with E-state index in [1.165, 1.54) is 16.9 Å². The maximum Gasteiger partial charge on any atom is 0.262 e. The average molecular weight is 320 g/mol. The summed E-state index contributed by atoms with van der Waals surface area (Å²) in [5, 5.41) is 0. The highest BCUT2D eigenvalue weighted by Gasteiger charge is 2.24. The summed E-state index contributed by atoms with van der Waals surface area (Å²) in [4.78, 5) is -0.411. The predicted molar refractivity (Wildman–Crippen MR) is 67.9 cm³/mol. The molecule has 0 saturated carbocycles. The highest BCUT2D eigenvalue weighted by Crippen LogP contribution is 2.27. The lowest BCUT2D eigenvalue weighted by atomic mass is 10.3. The van der Waals surface area contributed by atoms with Crippen molar-refractivity contribution in [2.24, 2.45) is 0 Å². The fraction of sp³-hybridized carbons (Fsp3) is 0. The standard InChI is InChI=1S/C12H8F4N2O2S/c13-8-5-9(14)11(16)12(10(8)15)18-21(19,20)7-3-1-2-6(17)4-7/h1-5,18H,17H2. The van der Waals surface area contributed by atoms with Crippen molar-refractivity contribution in [1.82, 2.24) is 0 Å². The molecular weight excluding hydrogens is 312 g/mol. The SMILES string of the molecule is Nc1cccc(S(=O)(=O)Nc2c(F)c(F)cc(F)c2F)c1. The molecule has 4 nitrogen and oxygen atoms in total. The Balaban J connectivity index is 2.52. The molecule has 0 heterocycles. The topological polar surface area (TPSA) is 72.2 Å². The Morgan fingerprint density at radius 2 is 1.52 bits per heavy atom. The van der Waals surface area contributed by atoms with Gasteiger partial charge in [-0.1, -0.05) is 6.07 Å². The first kappa shape index (κ1) is 15.1. The van der Waals surface area contributed by atoms with E-state index in [-0.39, 0.29) is 11.8 Å². The molecule has 0 amide bonds. The van der Waals surface area contributed by atoms with Crippen LogP contribution in [0, 0.1) is 23.3 Å². The van der Waals surface area contributed by atoms with Gasteiger partial charge in [0, 0.05) is 11.8 Å². The van der Waals surface area contributed by atoms with Crippen LogP contribution >= 0.6 is 0 Å². The smallest absolute Gasteiger partial charge is 0.262 e. The van der Waals surface area contributed by atoms with Gasteiger partial charge in [-0.05, 0) is 18.2 Å². The van der Waals surface area contributed by atoms with Crippen LogP contribution in [0.2, 0.25) is 0 Å². The van der Waals surface area contributed by atoms with Crippen molar-refractivity contribution < 1.29 is 26.0 Å². The molecule has 0 unspecified atom stereocenters. The van der Waals surface area contributed by atoms with Crippen molar-refractivity contribution in [2.75, 3.05) is 10.5 Å². The Morgan fingerprint density at radius 3 is 2.05 bits per heavy atom. The van der Waals surface area contributed by atoms with Crippen LogP contribution in [-0.2, 0) is 10.0 Å². The molecule has 2 aromatic rings. The Labute approximate surface area is 117 Å². The number of nitrogen functional groups attached to an aromatic ring is 1. The van der Waals surface area contributed by atoms with Gasteiger partial charge in [-0.25, -0.2) is 26.0 Å². The van der Waals surface area contributed by atoms with Crippen molar-refractivity contribution in [2.45, 2.75) is 4.90 Å². The van der Waals surface area contributed by atoms with Gasteiger partial charge in [0.15, 0.2) is 23.3 Å². The third kappa shape index (κ3) is 2.92. The lowest BCUT2D eigenvalue weighted by molar-refractivity contribution is 0.459. The predicted octanol–water partition coefficient (Wildman–Crippen LogP) is 2.63. The van der Waals surface area contributed by atoms with E-state index in [0.29, 0.717) is 0 Å². The second-order valence-electron chi connectivity index (χ2n) is 4.02. The minimum atomic E-state index is -4.46. The molecule has 0 aliphatic rings. The first-order valence-corrected chi connectivity index (χ1v) is 6.92. The van der Waals surface area contributed by atoms with E-state index in [9.17, 15) is 26.0 Å². The lowest BCUT2D eigenvalue weighted by Gasteiger charge is -2.11. The average Bonchev–Trinajstić information content (AvgIpc) is 2.41. The van der Waals surface area contributed by atoms with E-state index in [1.54, 1.807) is 0 Å². The van der Waals surface area contributed by atoms with Gasteiger partial charge >= 0.3 is 0 Å². The maximum atomic E-state index is 13.4. The van der Waals surface area contributed by atoms with Crippen molar-refractivity contribution in [1.29, 1.82) is 0 Å². The number of nitrogens with two attached hydrogens (primary N) is 1. The molecule has 0 spiro atoms. The normalized spacial score (nSPS) is 11.4. The van der Waals surface area contributed by atoms with E-state index in [2.05, 4.69) is 0 Å². The van der Waals surface area contributed by atoms with Gasteiger partial charge < -0.3 is 5.73 Å². The van der Waals surface area contributed by atoms with Crippen LogP contribution < -0.4 is 10.5 Å². The molecule has 0 radical (unpaired) electrons. The van der Waals surface area contributed by atoms with Crippen molar-refractivity contribution in [3.63, 3.8) is 0 Å². The van der Waals surface area contributed by atoms with Crippen LogP contribution in [0.15, 0.2) is 35.2 Å². The summed E-state index contributed by atoms with van der Waals surface area (Å²) < 4.78 is 78.3.